The summed E-state index contributed by atoms with van der Waals surface area (Å²) in [5.41, 5.74) is 0. The molecule has 0 atom stereocenters. The van der Waals surface area contributed by atoms with Gasteiger partial charge in [0.2, 0.25) is 0 Å². The van der Waals surface area contributed by atoms with Crippen LogP contribution >= 0.6 is 0 Å². The topological polar surface area (TPSA) is 38.2 Å². The largest absolute Gasteiger partial charge is 0.380 e. The number of aromatic nitrogens is 2. The average molecular weight is 179 g/mol. The van der Waals surface area contributed by atoms with E-state index in [2.05, 4.69) is 14.9 Å². The molecule has 1 aromatic heterocycles. The van der Waals surface area contributed by atoms with Crippen LogP contribution in [0.3, 0.4) is 0 Å². The van der Waals surface area contributed by atoms with E-state index < -0.39 is 0 Å². The van der Waals surface area contributed by atoms with E-state index in [4.69, 9.17) is 4.74 Å². The van der Waals surface area contributed by atoms with E-state index in [1.165, 1.54) is 0 Å². The van der Waals surface area contributed by atoms with Gasteiger partial charge in [0.15, 0.2) is 0 Å². The van der Waals surface area contributed by atoms with Crippen LogP contribution in [-0.4, -0.2) is 36.3 Å². The van der Waals surface area contributed by atoms with Gasteiger partial charge < -0.3 is 9.64 Å². The molecule has 1 aromatic rings. The van der Waals surface area contributed by atoms with Crippen molar-refractivity contribution in [2.24, 2.45) is 0 Å². The van der Waals surface area contributed by atoms with Crippen molar-refractivity contribution in [3.63, 3.8) is 0 Å². The van der Waals surface area contributed by atoms with Crippen LogP contribution in [0.15, 0.2) is 18.6 Å². The molecular formula is C9H13N3O. The molecule has 0 amide bonds. The van der Waals surface area contributed by atoms with Crippen LogP contribution in [0.4, 0.5) is 5.82 Å². The van der Waals surface area contributed by atoms with Gasteiger partial charge in [0.1, 0.15) is 5.82 Å². The number of hydrogen-bond donors (Lipinski definition) is 0. The van der Waals surface area contributed by atoms with Crippen LogP contribution in [-0.2, 0) is 4.74 Å². The van der Waals surface area contributed by atoms with Crippen molar-refractivity contribution in [2.45, 2.75) is 6.42 Å². The van der Waals surface area contributed by atoms with Crippen molar-refractivity contribution in [1.82, 2.24) is 9.97 Å². The van der Waals surface area contributed by atoms with E-state index in [0.29, 0.717) is 0 Å². The van der Waals surface area contributed by atoms with Crippen LogP contribution in [0, 0.1) is 0 Å². The molecule has 0 bridgehead atoms. The summed E-state index contributed by atoms with van der Waals surface area (Å²) in [6.45, 7) is 3.57. The number of nitrogens with zero attached hydrogens (tertiary/aromatic N) is 3. The van der Waals surface area contributed by atoms with E-state index in [1.54, 1.807) is 18.6 Å². The predicted octanol–water partition coefficient (Wildman–Crippen LogP) is 0.703. The second-order valence-electron chi connectivity index (χ2n) is 3.02. The van der Waals surface area contributed by atoms with Crippen LogP contribution in [0.1, 0.15) is 6.42 Å². The zero-order chi connectivity index (χ0) is 8.93. The molecular weight excluding hydrogens is 166 g/mol. The molecule has 13 heavy (non-hydrogen) atoms. The quantitative estimate of drug-likeness (QED) is 0.636. The monoisotopic (exact) mass is 179 g/mol. The van der Waals surface area contributed by atoms with Gasteiger partial charge >= 0.3 is 0 Å². The lowest BCUT2D eigenvalue weighted by Crippen LogP contribution is -2.26. The van der Waals surface area contributed by atoms with Gasteiger partial charge in [0.05, 0.1) is 12.8 Å². The summed E-state index contributed by atoms with van der Waals surface area (Å²) in [4.78, 5) is 10.5. The number of anilines is 1. The lowest BCUT2D eigenvalue weighted by Gasteiger charge is -2.19. The summed E-state index contributed by atoms with van der Waals surface area (Å²) in [5, 5.41) is 0. The zero-order valence-corrected chi connectivity index (χ0v) is 7.52. The van der Waals surface area contributed by atoms with Crippen molar-refractivity contribution in [2.75, 3.05) is 31.2 Å². The highest BCUT2D eigenvalue weighted by Crippen LogP contribution is 2.09. The van der Waals surface area contributed by atoms with Crippen molar-refractivity contribution in [1.29, 1.82) is 0 Å². The minimum absolute atomic E-state index is 0.788. The van der Waals surface area contributed by atoms with Gasteiger partial charge in [0, 0.05) is 32.1 Å². The first-order valence-corrected chi connectivity index (χ1v) is 4.55. The van der Waals surface area contributed by atoms with Crippen molar-refractivity contribution in [3.8, 4) is 0 Å². The molecule has 0 spiro atoms. The summed E-state index contributed by atoms with van der Waals surface area (Å²) >= 11 is 0. The Bertz CT molecular complexity index is 244. The number of ether oxygens (including phenoxy) is 1. The third-order valence-electron chi connectivity index (χ3n) is 2.10. The van der Waals surface area contributed by atoms with E-state index in [9.17, 15) is 0 Å². The number of hydrogen-bond acceptors (Lipinski definition) is 4. The predicted molar refractivity (Wildman–Crippen MR) is 49.7 cm³/mol. The fourth-order valence-corrected chi connectivity index (χ4v) is 1.43. The lowest BCUT2D eigenvalue weighted by molar-refractivity contribution is 0.152. The van der Waals surface area contributed by atoms with E-state index in [-0.39, 0.29) is 0 Å². The summed E-state index contributed by atoms with van der Waals surface area (Å²) in [7, 11) is 0. The van der Waals surface area contributed by atoms with E-state index >= 15 is 0 Å². The zero-order valence-electron chi connectivity index (χ0n) is 7.52. The highest BCUT2D eigenvalue weighted by atomic mass is 16.5. The van der Waals surface area contributed by atoms with Gasteiger partial charge in [-0.25, -0.2) is 4.98 Å². The fourth-order valence-electron chi connectivity index (χ4n) is 1.43. The first kappa shape index (κ1) is 8.44. The maximum Gasteiger partial charge on any atom is 0.147 e. The molecule has 1 fully saturated rings. The number of rotatable bonds is 1. The molecule has 0 N–H and O–H groups in total. The summed E-state index contributed by atoms with van der Waals surface area (Å²) in [6, 6.07) is 0. The van der Waals surface area contributed by atoms with Gasteiger partial charge in [-0.3, -0.25) is 4.98 Å². The third-order valence-corrected chi connectivity index (χ3v) is 2.10. The second kappa shape index (κ2) is 4.18. The van der Waals surface area contributed by atoms with Gasteiger partial charge in [-0.15, -0.1) is 0 Å². The van der Waals surface area contributed by atoms with Gasteiger partial charge in [-0.1, -0.05) is 0 Å². The van der Waals surface area contributed by atoms with Crippen molar-refractivity contribution >= 4 is 5.82 Å². The Morgan fingerprint density at radius 3 is 3.08 bits per heavy atom. The molecule has 2 rings (SSSR count). The normalized spacial score (nSPS) is 18.3. The first-order chi connectivity index (χ1) is 6.47. The van der Waals surface area contributed by atoms with Gasteiger partial charge in [0.25, 0.3) is 0 Å². The highest BCUT2D eigenvalue weighted by molar-refractivity contribution is 5.34. The van der Waals surface area contributed by atoms with Gasteiger partial charge in [-0.05, 0) is 6.42 Å². The molecule has 4 heteroatoms. The Kier molecular flexibility index (Phi) is 2.72. The van der Waals surface area contributed by atoms with Crippen molar-refractivity contribution < 1.29 is 4.74 Å². The third kappa shape index (κ3) is 2.15. The Morgan fingerprint density at radius 1 is 1.23 bits per heavy atom. The minimum atomic E-state index is 0.788. The molecule has 2 heterocycles. The molecule has 0 unspecified atom stereocenters. The summed E-state index contributed by atoms with van der Waals surface area (Å²) in [5.74, 6) is 0.952. The molecule has 0 aromatic carbocycles. The Labute approximate surface area is 77.6 Å². The van der Waals surface area contributed by atoms with Crippen LogP contribution in [0.5, 0.6) is 0 Å². The second-order valence-corrected chi connectivity index (χ2v) is 3.02. The Balaban J connectivity index is 2.06. The van der Waals surface area contributed by atoms with Crippen molar-refractivity contribution in [3.05, 3.63) is 18.6 Å². The van der Waals surface area contributed by atoms with Crippen LogP contribution in [0.25, 0.3) is 0 Å². The molecule has 0 radical (unpaired) electrons. The maximum absolute atomic E-state index is 5.36. The Morgan fingerprint density at radius 2 is 2.23 bits per heavy atom. The molecule has 1 aliphatic heterocycles. The average Bonchev–Trinajstić information content (AvgIpc) is 2.47. The van der Waals surface area contributed by atoms with Crippen LogP contribution in [0.2, 0.25) is 0 Å². The SMILES string of the molecule is c1cnc(N2CCCOCC2)cn1. The fraction of sp³-hybridized carbons (Fsp3) is 0.556. The van der Waals surface area contributed by atoms with Gasteiger partial charge in [-0.2, -0.15) is 0 Å². The lowest BCUT2D eigenvalue weighted by atomic mass is 10.4. The molecule has 4 nitrogen and oxygen atoms in total. The molecule has 0 aliphatic carbocycles. The molecule has 0 saturated carbocycles. The molecule has 1 aliphatic rings. The van der Waals surface area contributed by atoms with E-state index in [1.807, 2.05) is 0 Å². The minimum Gasteiger partial charge on any atom is -0.380 e. The molecule has 70 valence electrons. The highest BCUT2D eigenvalue weighted by Gasteiger charge is 2.10. The Hall–Kier alpha value is -1.16. The summed E-state index contributed by atoms with van der Waals surface area (Å²) < 4.78 is 5.36. The molecule has 1 saturated heterocycles. The van der Waals surface area contributed by atoms with E-state index in [0.717, 1.165) is 38.5 Å². The maximum atomic E-state index is 5.36. The van der Waals surface area contributed by atoms with Crippen LogP contribution < -0.4 is 4.90 Å². The standard InChI is InChI=1S/C9H13N3O/c1-4-12(5-7-13-6-1)9-8-10-2-3-11-9/h2-3,8H,1,4-7H2. The first-order valence-electron chi connectivity index (χ1n) is 4.55. The summed E-state index contributed by atoms with van der Waals surface area (Å²) in [6.07, 6.45) is 6.28. The smallest absolute Gasteiger partial charge is 0.147 e.